The van der Waals surface area contributed by atoms with E-state index in [0.29, 0.717) is 5.92 Å². The van der Waals surface area contributed by atoms with Gasteiger partial charge < -0.3 is 9.73 Å². The van der Waals surface area contributed by atoms with Crippen LogP contribution in [-0.2, 0) is 0 Å². The van der Waals surface area contributed by atoms with Crippen LogP contribution in [-0.4, -0.2) is 11.5 Å². The van der Waals surface area contributed by atoms with Crippen molar-refractivity contribution in [1.82, 2.24) is 10.3 Å². The van der Waals surface area contributed by atoms with Crippen molar-refractivity contribution in [3.05, 3.63) is 17.8 Å². The summed E-state index contributed by atoms with van der Waals surface area (Å²) in [6.45, 7) is 5.35. The van der Waals surface area contributed by atoms with Gasteiger partial charge in [-0.3, -0.25) is 0 Å². The molecule has 0 aliphatic heterocycles. The highest BCUT2D eigenvalue weighted by Gasteiger charge is 2.66. The van der Waals surface area contributed by atoms with E-state index in [1.165, 1.54) is 25.0 Å². The summed E-state index contributed by atoms with van der Waals surface area (Å²) in [6, 6.07) is 0.240. The lowest BCUT2D eigenvalue weighted by Crippen LogP contribution is -2.19. The van der Waals surface area contributed by atoms with Crippen molar-refractivity contribution in [2.75, 3.05) is 6.54 Å². The Bertz CT molecular complexity index is 453. The first-order valence-electron chi connectivity index (χ1n) is 7.98. The standard InChI is InChI=1S/C16H24N2O/c1-3-6-17-9(2)16-18-8-12(19-16)15-13-10-4-5-11(7-10)14(13)15/h8-11,13-15,17H,3-7H2,1-2H3. The molecule has 3 aliphatic carbocycles. The van der Waals surface area contributed by atoms with Gasteiger partial charge in [-0.05, 0) is 62.8 Å². The van der Waals surface area contributed by atoms with E-state index in [-0.39, 0.29) is 6.04 Å². The summed E-state index contributed by atoms with van der Waals surface area (Å²) in [7, 11) is 0. The molecule has 1 heterocycles. The molecule has 0 aromatic carbocycles. The number of rotatable bonds is 5. The molecule has 4 rings (SSSR count). The van der Waals surface area contributed by atoms with E-state index in [4.69, 9.17) is 4.42 Å². The van der Waals surface area contributed by atoms with Gasteiger partial charge >= 0.3 is 0 Å². The Morgan fingerprint density at radius 2 is 2.11 bits per heavy atom. The molecular weight excluding hydrogens is 236 g/mol. The molecular formula is C16H24N2O. The number of oxazole rings is 1. The van der Waals surface area contributed by atoms with Gasteiger partial charge in [0.25, 0.3) is 0 Å². The predicted octanol–water partition coefficient (Wildman–Crippen LogP) is 3.49. The lowest BCUT2D eigenvalue weighted by atomic mass is 10.0. The maximum Gasteiger partial charge on any atom is 0.211 e. The number of fused-ring (bicyclic) bond motifs is 5. The summed E-state index contributed by atoms with van der Waals surface area (Å²) in [4.78, 5) is 4.50. The average Bonchev–Trinajstić information content (AvgIpc) is 2.85. The van der Waals surface area contributed by atoms with Gasteiger partial charge in [0, 0.05) is 5.92 Å². The summed E-state index contributed by atoms with van der Waals surface area (Å²) in [5.41, 5.74) is 0. The summed E-state index contributed by atoms with van der Waals surface area (Å²) in [5, 5.41) is 3.45. The number of nitrogens with one attached hydrogen (secondary N) is 1. The normalized spacial score (nSPS) is 40.4. The van der Waals surface area contributed by atoms with Crippen molar-refractivity contribution in [1.29, 1.82) is 0 Å². The topological polar surface area (TPSA) is 38.1 Å². The third-order valence-electron chi connectivity index (χ3n) is 5.68. The second kappa shape index (κ2) is 4.34. The first-order chi connectivity index (χ1) is 9.29. The molecule has 2 bridgehead atoms. The predicted molar refractivity (Wildman–Crippen MR) is 73.8 cm³/mol. The van der Waals surface area contributed by atoms with Crippen LogP contribution in [0.25, 0.3) is 0 Å². The Balaban J connectivity index is 1.45. The van der Waals surface area contributed by atoms with Crippen LogP contribution in [0.3, 0.4) is 0 Å². The molecule has 3 heteroatoms. The first-order valence-corrected chi connectivity index (χ1v) is 7.98. The molecule has 3 fully saturated rings. The molecule has 104 valence electrons. The molecule has 5 unspecified atom stereocenters. The van der Waals surface area contributed by atoms with Crippen LogP contribution in [0.2, 0.25) is 0 Å². The highest BCUT2D eigenvalue weighted by Crippen LogP contribution is 2.73. The second-order valence-electron chi connectivity index (χ2n) is 6.79. The van der Waals surface area contributed by atoms with Gasteiger partial charge in [0.05, 0.1) is 12.2 Å². The first kappa shape index (κ1) is 12.0. The number of aromatic nitrogens is 1. The zero-order chi connectivity index (χ0) is 13.0. The number of nitrogens with zero attached hydrogens (tertiary/aromatic N) is 1. The van der Waals surface area contributed by atoms with E-state index < -0.39 is 0 Å². The maximum atomic E-state index is 6.05. The third kappa shape index (κ3) is 1.78. The van der Waals surface area contributed by atoms with E-state index in [1.807, 2.05) is 6.20 Å². The van der Waals surface area contributed by atoms with E-state index in [2.05, 4.69) is 24.1 Å². The molecule has 1 aromatic rings. The smallest absolute Gasteiger partial charge is 0.211 e. The van der Waals surface area contributed by atoms with Gasteiger partial charge in [-0.2, -0.15) is 0 Å². The summed E-state index contributed by atoms with van der Waals surface area (Å²) >= 11 is 0. The van der Waals surface area contributed by atoms with Crippen LogP contribution >= 0.6 is 0 Å². The fourth-order valence-electron chi connectivity index (χ4n) is 4.81. The van der Waals surface area contributed by atoms with Crippen LogP contribution in [0.4, 0.5) is 0 Å². The monoisotopic (exact) mass is 260 g/mol. The Labute approximate surface area is 115 Å². The van der Waals surface area contributed by atoms with Crippen LogP contribution in [0.5, 0.6) is 0 Å². The van der Waals surface area contributed by atoms with Crippen molar-refractivity contribution in [3.8, 4) is 0 Å². The molecule has 0 saturated heterocycles. The second-order valence-corrected chi connectivity index (χ2v) is 6.79. The quantitative estimate of drug-likeness (QED) is 0.880. The van der Waals surface area contributed by atoms with Gasteiger partial charge in [0.2, 0.25) is 5.89 Å². The largest absolute Gasteiger partial charge is 0.444 e. The summed E-state index contributed by atoms with van der Waals surface area (Å²) in [5.74, 6) is 6.66. The minimum Gasteiger partial charge on any atom is -0.444 e. The van der Waals surface area contributed by atoms with Crippen molar-refractivity contribution in [3.63, 3.8) is 0 Å². The van der Waals surface area contributed by atoms with Crippen LogP contribution in [0.1, 0.15) is 63.1 Å². The average molecular weight is 260 g/mol. The molecule has 19 heavy (non-hydrogen) atoms. The summed E-state index contributed by atoms with van der Waals surface area (Å²) < 4.78 is 6.05. The molecule has 0 spiro atoms. The number of hydrogen-bond donors (Lipinski definition) is 1. The molecule has 3 saturated carbocycles. The third-order valence-corrected chi connectivity index (χ3v) is 5.68. The molecule has 5 atom stereocenters. The highest BCUT2D eigenvalue weighted by atomic mass is 16.4. The fraction of sp³-hybridized carbons (Fsp3) is 0.812. The van der Waals surface area contributed by atoms with Gasteiger partial charge in [0.1, 0.15) is 5.76 Å². The van der Waals surface area contributed by atoms with Gasteiger partial charge in [-0.15, -0.1) is 0 Å². The Morgan fingerprint density at radius 3 is 2.79 bits per heavy atom. The molecule has 0 radical (unpaired) electrons. The zero-order valence-electron chi connectivity index (χ0n) is 11.9. The minimum atomic E-state index is 0.240. The molecule has 3 aliphatic rings. The SMILES string of the molecule is CCCNC(C)c1ncc(C2C3C4CCC(C4)C23)o1. The highest BCUT2D eigenvalue weighted by molar-refractivity contribution is 5.25. The Morgan fingerprint density at radius 1 is 1.37 bits per heavy atom. The van der Waals surface area contributed by atoms with Crippen LogP contribution < -0.4 is 5.32 Å². The summed E-state index contributed by atoms with van der Waals surface area (Å²) in [6.07, 6.45) is 7.59. The van der Waals surface area contributed by atoms with Crippen LogP contribution in [0, 0.1) is 23.7 Å². The number of hydrogen-bond acceptors (Lipinski definition) is 3. The van der Waals surface area contributed by atoms with E-state index in [0.717, 1.165) is 42.5 Å². The molecule has 1 aromatic heterocycles. The van der Waals surface area contributed by atoms with E-state index >= 15 is 0 Å². The van der Waals surface area contributed by atoms with Crippen molar-refractivity contribution in [2.24, 2.45) is 23.7 Å². The van der Waals surface area contributed by atoms with Crippen molar-refractivity contribution in [2.45, 2.75) is 51.5 Å². The zero-order valence-corrected chi connectivity index (χ0v) is 11.9. The minimum absolute atomic E-state index is 0.240. The van der Waals surface area contributed by atoms with Gasteiger partial charge in [0.15, 0.2) is 0 Å². The van der Waals surface area contributed by atoms with Crippen molar-refractivity contribution >= 4 is 0 Å². The van der Waals surface area contributed by atoms with Crippen LogP contribution in [0.15, 0.2) is 10.6 Å². The lowest BCUT2D eigenvalue weighted by Gasteiger charge is -2.09. The maximum absolute atomic E-state index is 6.05. The molecule has 0 amide bonds. The van der Waals surface area contributed by atoms with Crippen molar-refractivity contribution < 1.29 is 4.42 Å². The molecule has 3 nitrogen and oxygen atoms in total. The lowest BCUT2D eigenvalue weighted by molar-refractivity contribution is 0.378. The van der Waals surface area contributed by atoms with Gasteiger partial charge in [-0.25, -0.2) is 4.98 Å². The Hall–Kier alpha value is -0.830. The fourth-order valence-corrected chi connectivity index (χ4v) is 4.81. The Kier molecular flexibility index (Phi) is 2.73. The van der Waals surface area contributed by atoms with E-state index in [9.17, 15) is 0 Å². The van der Waals surface area contributed by atoms with E-state index in [1.54, 1.807) is 0 Å². The molecule has 1 N–H and O–H groups in total. The van der Waals surface area contributed by atoms with Gasteiger partial charge in [-0.1, -0.05) is 6.92 Å².